The first-order chi connectivity index (χ1) is 6.16. The van der Waals surface area contributed by atoms with Gasteiger partial charge in [-0.25, -0.2) is 0 Å². The van der Waals surface area contributed by atoms with E-state index in [1.54, 1.807) is 0 Å². The minimum absolute atomic E-state index is 0.655. The lowest BCUT2D eigenvalue weighted by Gasteiger charge is -2.41. The van der Waals surface area contributed by atoms with Crippen LogP contribution in [0.15, 0.2) is 0 Å². The van der Waals surface area contributed by atoms with Crippen LogP contribution in [0, 0.1) is 5.92 Å². The average Bonchev–Trinajstić information content (AvgIpc) is 2.16. The predicted octanol–water partition coefficient (Wildman–Crippen LogP) is 1.84. The van der Waals surface area contributed by atoms with Gasteiger partial charge >= 0.3 is 0 Å². The van der Waals surface area contributed by atoms with Crippen molar-refractivity contribution in [3.63, 3.8) is 0 Å². The molecule has 1 saturated heterocycles. The third-order valence-corrected chi connectivity index (χ3v) is 3.28. The molecule has 0 aromatic heterocycles. The summed E-state index contributed by atoms with van der Waals surface area (Å²) < 4.78 is 0. The lowest BCUT2D eigenvalue weighted by molar-refractivity contribution is 0.0778. The summed E-state index contributed by atoms with van der Waals surface area (Å²) in [5.41, 5.74) is 5.74. The Labute approximate surface area is 82.5 Å². The fourth-order valence-corrected chi connectivity index (χ4v) is 2.39. The van der Waals surface area contributed by atoms with Gasteiger partial charge in [0.2, 0.25) is 0 Å². The maximum absolute atomic E-state index is 5.74. The van der Waals surface area contributed by atoms with Gasteiger partial charge in [0, 0.05) is 12.1 Å². The number of nitrogens with two attached hydrogens (primary N) is 1. The van der Waals surface area contributed by atoms with E-state index in [-0.39, 0.29) is 0 Å². The summed E-state index contributed by atoms with van der Waals surface area (Å²) in [6, 6.07) is 1.41. The minimum Gasteiger partial charge on any atom is -0.330 e. The zero-order valence-electron chi connectivity index (χ0n) is 9.29. The molecule has 1 aliphatic rings. The van der Waals surface area contributed by atoms with Crippen LogP contribution in [0.5, 0.6) is 0 Å². The maximum atomic E-state index is 5.74. The van der Waals surface area contributed by atoms with Crippen molar-refractivity contribution in [2.75, 3.05) is 13.1 Å². The Kier molecular flexibility index (Phi) is 4.20. The molecule has 0 aromatic carbocycles. The van der Waals surface area contributed by atoms with E-state index >= 15 is 0 Å². The Hall–Kier alpha value is -0.0800. The van der Waals surface area contributed by atoms with Crippen LogP contribution in [-0.4, -0.2) is 30.1 Å². The highest BCUT2D eigenvalue weighted by Gasteiger charge is 2.27. The van der Waals surface area contributed by atoms with Gasteiger partial charge in [0.1, 0.15) is 0 Å². The molecule has 1 aliphatic heterocycles. The first kappa shape index (κ1) is 11.0. The van der Waals surface area contributed by atoms with Gasteiger partial charge in [-0.2, -0.15) is 0 Å². The van der Waals surface area contributed by atoms with E-state index in [1.165, 1.54) is 25.8 Å². The Morgan fingerprint density at radius 1 is 1.31 bits per heavy atom. The van der Waals surface area contributed by atoms with Crippen molar-refractivity contribution in [3.05, 3.63) is 0 Å². The molecule has 0 aliphatic carbocycles. The molecule has 1 rings (SSSR count). The topological polar surface area (TPSA) is 29.3 Å². The molecule has 0 saturated carbocycles. The van der Waals surface area contributed by atoms with E-state index in [1.807, 2.05) is 0 Å². The second kappa shape index (κ2) is 4.97. The van der Waals surface area contributed by atoms with Gasteiger partial charge in [0.15, 0.2) is 0 Å². The average molecular weight is 184 g/mol. The van der Waals surface area contributed by atoms with Crippen molar-refractivity contribution in [1.29, 1.82) is 0 Å². The smallest absolute Gasteiger partial charge is 0.0136 e. The van der Waals surface area contributed by atoms with Crippen LogP contribution in [0.25, 0.3) is 0 Å². The normalized spacial score (nSPS) is 27.9. The third kappa shape index (κ3) is 2.68. The number of likely N-dealkylation sites (tertiary alicyclic amines) is 1. The van der Waals surface area contributed by atoms with Crippen LogP contribution in [0.3, 0.4) is 0 Å². The molecule has 2 nitrogen and oxygen atoms in total. The van der Waals surface area contributed by atoms with Gasteiger partial charge in [0.05, 0.1) is 0 Å². The number of rotatable bonds is 3. The fraction of sp³-hybridized carbons (Fsp3) is 1.00. The molecule has 0 radical (unpaired) electrons. The van der Waals surface area contributed by atoms with E-state index in [0.717, 1.165) is 12.6 Å². The SMILES string of the molecule is CC(CN)C1CCCCN1C(C)C. The zero-order chi connectivity index (χ0) is 9.84. The maximum Gasteiger partial charge on any atom is 0.0136 e. The first-order valence-electron chi connectivity index (χ1n) is 5.62. The van der Waals surface area contributed by atoms with Crippen molar-refractivity contribution in [3.8, 4) is 0 Å². The Morgan fingerprint density at radius 3 is 2.54 bits per heavy atom. The largest absolute Gasteiger partial charge is 0.330 e. The second-order valence-electron chi connectivity index (χ2n) is 4.61. The van der Waals surface area contributed by atoms with Crippen molar-refractivity contribution in [2.24, 2.45) is 11.7 Å². The van der Waals surface area contributed by atoms with Crippen molar-refractivity contribution in [2.45, 2.75) is 52.1 Å². The van der Waals surface area contributed by atoms with Gasteiger partial charge in [-0.3, -0.25) is 4.90 Å². The summed E-state index contributed by atoms with van der Waals surface area (Å²) in [5, 5.41) is 0. The van der Waals surface area contributed by atoms with Gasteiger partial charge in [-0.1, -0.05) is 13.3 Å². The molecular weight excluding hydrogens is 160 g/mol. The zero-order valence-corrected chi connectivity index (χ0v) is 9.29. The van der Waals surface area contributed by atoms with Crippen LogP contribution in [0.2, 0.25) is 0 Å². The molecule has 13 heavy (non-hydrogen) atoms. The van der Waals surface area contributed by atoms with Crippen molar-refractivity contribution < 1.29 is 0 Å². The van der Waals surface area contributed by atoms with Gasteiger partial charge < -0.3 is 5.73 Å². The van der Waals surface area contributed by atoms with Crippen LogP contribution in [0.1, 0.15) is 40.0 Å². The molecule has 2 N–H and O–H groups in total. The quantitative estimate of drug-likeness (QED) is 0.725. The summed E-state index contributed by atoms with van der Waals surface area (Å²) in [5.74, 6) is 0.655. The Morgan fingerprint density at radius 2 is 2.00 bits per heavy atom. The summed E-state index contributed by atoms with van der Waals surface area (Å²) in [6.07, 6.45) is 4.10. The molecule has 2 heteroatoms. The van der Waals surface area contributed by atoms with Gasteiger partial charge in [0.25, 0.3) is 0 Å². The summed E-state index contributed by atoms with van der Waals surface area (Å²) >= 11 is 0. The molecule has 0 bridgehead atoms. The van der Waals surface area contributed by atoms with Crippen LogP contribution >= 0.6 is 0 Å². The number of hydrogen-bond acceptors (Lipinski definition) is 2. The van der Waals surface area contributed by atoms with Gasteiger partial charge in [-0.05, 0) is 45.7 Å². The van der Waals surface area contributed by atoms with Gasteiger partial charge in [-0.15, -0.1) is 0 Å². The van der Waals surface area contributed by atoms with E-state index in [0.29, 0.717) is 12.0 Å². The molecule has 2 atom stereocenters. The summed E-state index contributed by atoms with van der Waals surface area (Å²) in [6.45, 7) is 8.97. The van der Waals surface area contributed by atoms with Crippen LogP contribution in [0.4, 0.5) is 0 Å². The molecule has 0 aromatic rings. The lowest BCUT2D eigenvalue weighted by atomic mass is 9.90. The number of nitrogens with zero attached hydrogens (tertiary/aromatic N) is 1. The summed E-state index contributed by atoms with van der Waals surface area (Å²) in [7, 11) is 0. The Balaban J connectivity index is 2.56. The third-order valence-electron chi connectivity index (χ3n) is 3.28. The van der Waals surface area contributed by atoms with E-state index in [2.05, 4.69) is 25.7 Å². The lowest BCUT2D eigenvalue weighted by Crippen LogP contribution is -2.48. The van der Waals surface area contributed by atoms with E-state index < -0.39 is 0 Å². The second-order valence-corrected chi connectivity index (χ2v) is 4.61. The molecule has 0 spiro atoms. The number of piperidine rings is 1. The molecular formula is C11H24N2. The highest BCUT2D eigenvalue weighted by Crippen LogP contribution is 2.24. The highest BCUT2D eigenvalue weighted by molar-refractivity contribution is 4.83. The molecule has 0 amide bonds. The Bertz CT molecular complexity index is 145. The van der Waals surface area contributed by atoms with E-state index in [4.69, 9.17) is 5.73 Å². The number of hydrogen-bond donors (Lipinski definition) is 1. The van der Waals surface area contributed by atoms with Crippen LogP contribution in [-0.2, 0) is 0 Å². The highest BCUT2D eigenvalue weighted by atomic mass is 15.2. The van der Waals surface area contributed by atoms with Crippen molar-refractivity contribution in [1.82, 2.24) is 4.90 Å². The first-order valence-corrected chi connectivity index (χ1v) is 5.62. The molecule has 2 unspecified atom stereocenters. The van der Waals surface area contributed by atoms with Crippen LogP contribution < -0.4 is 5.73 Å². The van der Waals surface area contributed by atoms with Crippen molar-refractivity contribution >= 4 is 0 Å². The summed E-state index contributed by atoms with van der Waals surface area (Å²) in [4.78, 5) is 2.63. The fourth-order valence-electron chi connectivity index (χ4n) is 2.39. The molecule has 78 valence electrons. The minimum atomic E-state index is 0.655. The standard InChI is InChI=1S/C11H24N2/c1-9(2)13-7-5-4-6-11(13)10(3)8-12/h9-11H,4-8,12H2,1-3H3. The predicted molar refractivity (Wildman–Crippen MR) is 57.7 cm³/mol. The monoisotopic (exact) mass is 184 g/mol. The molecule has 1 heterocycles. The molecule has 1 fully saturated rings. The van der Waals surface area contributed by atoms with E-state index in [9.17, 15) is 0 Å².